The van der Waals surface area contributed by atoms with Crippen LogP contribution in [0.2, 0.25) is 0 Å². The molecule has 1 aliphatic heterocycles. The first-order valence-electron chi connectivity index (χ1n) is 10.8. The molecule has 0 unspecified atom stereocenters. The first kappa shape index (κ1) is 21.8. The molecule has 0 saturated carbocycles. The van der Waals surface area contributed by atoms with E-state index in [0.29, 0.717) is 29.8 Å². The number of aromatic amines is 1. The van der Waals surface area contributed by atoms with Crippen molar-refractivity contribution in [1.82, 2.24) is 19.7 Å². The van der Waals surface area contributed by atoms with E-state index in [4.69, 9.17) is 17.5 Å². The van der Waals surface area contributed by atoms with E-state index in [-0.39, 0.29) is 5.91 Å². The predicted octanol–water partition coefficient (Wildman–Crippen LogP) is 3.92. The van der Waals surface area contributed by atoms with Gasteiger partial charge in [0.2, 0.25) is 5.91 Å². The molecular weight excluding hydrogens is 420 g/mol. The van der Waals surface area contributed by atoms with Crippen LogP contribution in [0.1, 0.15) is 24.0 Å². The average Bonchev–Trinajstić information content (AvgIpc) is 3.01. The number of carbonyl (C=O) groups is 1. The minimum atomic E-state index is 0.130. The molecule has 164 valence electrons. The highest BCUT2D eigenvalue weighted by atomic mass is 32.1. The van der Waals surface area contributed by atoms with Crippen molar-refractivity contribution in [1.29, 1.82) is 5.26 Å². The maximum Gasteiger partial charge on any atom is 0.224 e. The van der Waals surface area contributed by atoms with Crippen molar-refractivity contribution < 1.29 is 4.79 Å². The summed E-state index contributed by atoms with van der Waals surface area (Å²) in [5.41, 5.74) is 3.88. The number of anilines is 1. The third-order valence-corrected chi connectivity index (χ3v) is 6.11. The van der Waals surface area contributed by atoms with E-state index in [9.17, 15) is 4.79 Å². The Hall–Kier alpha value is -3.44. The van der Waals surface area contributed by atoms with Crippen LogP contribution in [0.4, 0.5) is 5.69 Å². The molecule has 1 saturated heterocycles. The molecule has 1 N–H and O–H groups in total. The lowest BCUT2D eigenvalue weighted by Gasteiger charge is -2.24. The SMILES string of the molecule is Cc1cccc(-c2n[nH]c(=S)n2CCC(=O)N2CCCN(c3ccc(C#N)cc3)CC2)c1. The van der Waals surface area contributed by atoms with Gasteiger partial charge in [-0.3, -0.25) is 14.5 Å². The molecule has 7 nitrogen and oxygen atoms in total. The topological polar surface area (TPSA) is 81.0 Å². The van der Waals surface area contributed by atoms with Crippen molar-refractivity contribution in [2.75, 3.05) is 31.1 Å². The van der Waals surface area contributed by atoms with Crippen LogP contribution < -0.4 is 4.90 Å². The fourth-order valence-corrected chi connectivity index (χ4v) is 4.29. The summed E-state index contributed by atoms with van der Waals surface area (Å²) in [5, 5.41) is 16.2. The standard InChI is InChI=1S/C24H26N6OS/c1-18-4-2-5-20(16-18)23-26-27-24(32)30(23)13-10-22(31)29-12-3-11-28(14-15-29)21-8-6-19(17-25)7-9-21/h2,4-9,16H,3,10-15H2,1H3,(H,27,32). The quantitative estimate of drug-likeness (QED) is 0.601. The Morgan fingerprint density at radius 2 is 1.97 bits per heavy atom. The molecule has 8 heteroatoms. The van der Waals surface area contributed by atoms with Crippen LogP contribution in [0.25, 0.3) is 11.4 Å². The number of rotatable bonds is 5. The van der Waals surface area contributed by atoms with Crippen LogP contribution in [0.3, 0.4) is 0 Å². The van der Waals surface area contributed by atoms with Crippen LogP contribution in [-0.4, -0.2) is 51.8 Å². The van der Waals surface area contributed by atoms with Gasteiger partial charge >= 0.3 is 0 Å². The number of aromatic nitrogens is 3. The van der Waals surface area contributed by atoms with Crippen molar-refractivity contribution in [2.45, 2.75) is 26.3 Å². The number of hydrogen-bond donors (Lipinski definition) is 1. The van der Waals surface area contributed by atoms with Gasteiger partial charge in [-0.15, -0.1) is 0 Å². The second-order valence-corrected chi connectivity index (χ2v) is 8.39. The van der Waals surface area contributed by atoms with Gasteiger partial charge in [-0.1, -0.05) is 23.8 Å². The molecule has 1 aliphatic rings. The molecule has 0 bridgehead atoms. The molecule has 1 aromatic heterocycles. The number of aryl methyl sites for hydroxylation is 1. The number of amides is 1. The zero-order chi connectivity index (χ0) is 22.5. The molecule has 0 spiro atoms. The summed E-state index contributed by atoms with van der Waals surface area (Å²) in [4.78, 5) is 17.2. The van der Waals surface area contributed by atoms with Crippen molar-refractivity contribution >= 4 is 23.8 Å². The second kappa shape index (κ2) is 9.79. The fraction of sp³-hybridized carbons (Fsp3) is 0.333. The van der Waals surface area contributed by atoms with Crippen molar-refractivity contribution in [2.24, 2.45) is 0 Å². The average molecular weight is 447 g/mol. The monoisotopic (exact) mass is 446 g/mol. The van der Waals surface area contributed by atoms with Gasteiger partial charge in [-0.05, 0) is 55.9 Å². The van der Waals surface area contributed by atoms with Gasteiger partial charge in [0, 0.05) is 50.4 Å². The lowest BCUT2D eigenvalue weighted by Crippen LogP contribution is -2.35. The molecular formula is C24H26N6OS. The molecule has 0 aliphatic carbocycles. The smallest absolute Gasteiger partial charge is 0.224 e. The Morgan fingerprint density at radius 3 is 2.72 bits per heavy atom. The number of H-pyrrole nitrogens is 1. The van der Waals surface area contributed by atoms with Crippen LogP contribution in [-0.2, 0) is 11.3 Å². The molecule has 4 rings (SSSR count). The third kappa shape index (κ3) is 4.89. The fourth-order valence-electron chi connectivity index (χ4n) is 4.07. The van der Waals surface area contributed by atoms with E-state index in [0.717, 1.165) is 48.7 Å². The minimum Gasteiger partial charge on any atom is -0.370 e. The van der Waals surface area contributed by atoms with Gasteiger partial charge in [0.1, 0.15) is 0 Å². The lowest BCUT2D eigenvalue weighted by molar-refractivity contribution is -0.131. The second-order valence-electron chi connectivity index (χ2n) is 8.00. The third-order valence-electron chi connectivity index (χ3n) is 5.79. The highest BCUT2D eigenvalue weighted by Crippen LogP contribution is 2.20. The number of hydrogen-bond acceptors (Lipinski definition) is 5. The largest absolute Gasteiger partial charge is 0.370 e. The summed E-state index contributed by atoms with van der Waals surface area (Å²) in [6, 6.07) is 17.9. The van der Waals surface area contributed by atoms with Gasteiger partial charge < -0.3 is 9.80 Å². The molecule has 0 atom stereocenters. The summed E-state index contributed by atoms with van der Waals surface area (Å²) in [5.74, 6) is 0.888. The van der Waals surface area contributed by atoms with E-state index in [1.807, 2.05) is 58.9 Å². The summed E-state index contributed by atoms with van der Waals surface area (Å²) < 4.78 is 2.43. The van der Waals surface area contributed by atoms with E-state index >= 15 is 0 Å². The Kier molecular flexibility index (Phi) is 6.66. The Labute approximate surface area is 192 Å². The molecule has 2 heterocycles. The molecule has 3 aromatic rings. The molecule has 1 fully saturated rings. The number of nitrogens with one attached hydrogen (secondary N) is 1. The maximum atomic E-state index is 13.0. The number of carbonyl (C=O) groups excluding carboxylic acids is 1. The Bertz CT molecular complexity index is 1190. The van der Waals surface area contributed by atoms with Gasteiger partial charge in [-0.2, -0.15) is 10.4 Å². The predicted molar refractivity (Wildman–Crippen MR) is 127 cm³/mol. The maximum absolute atomic E-state index is 13.0. The van der Waals surface area contributed by atoms with E-state index in [1.165, 1.54) is 0 Å². The number of nitriles is 1. The van der Waals surface area contributed by atoms with Crippen molar-refractivity contribution in [3.8, 4) is 17.5 Å². The van der Waals surface area contributed by atoms with E-state index in [1.54, 1.807) is 0 Å². The summed E-state index contributed by atoms with van der Waals surface area (Å²) in [7, 11) is 0. The molecule has 32 heavy (non-hydrogen) atoms. The summed E-state index contributed by atoms with van der Waals surface area (Å²) >= 11 is 5.42. The lowest BCUT2D eigenvalue weighted by atomic mass is 10.1. The van der Waals surface area contributed by atoms with Crippen LogP contribution in [0.15, 0.2) is 48.5 Å². The van der Waals surface area contributed by atoms with Crippen LogP contribution >= 0.6 is 12.2 Å². The molecule has 2 aromatic carbocycles. The van der Waals surface area contributed by atoms with Gasteiger partial charge in [0.25, 0.3) is 0 Å². The summed E-state index contributed by atoms with van der Waals surface area (Å²) in [6.07, 6.45) is 1.29. The van der Waals surface area contributed by atoms with Gasteiger partial charge in [0.05, 0.1) is 11.6 Å². The first-order chi connectivity index (χ1) is 15.5. The number of benzene rings is 2. The van der Waals surface area contributed by atoms with Crippen molar-refractivity contribution in [3.05, 3.63) is 64.4 Å². The van der Waals surface area contributed by atoms with Crippen LogP contribution in [0.5, 0.6) is 0 Å². The highest BCUT2D eigenvalue weighted by molar-refractivity contribution is 7.71. The first-order valence-corrected chi connectivity index (χ1v) is 11.2. The Morgan fingerprint density at radius 1 is 1.16 bits per heavy atom. The number of nitrogens with zero attached hydrogens (tertiary/aromatic N) is 5. The zero-order valence-electron chi connectivity index (χ0n) is 18.1. The molecule has 0 radical (unpaired) electrons. The zero-order valence-corrected chi connectivity index (χ0v) is 18.9. The highest BCUT2D eigenvalue weighted by Gasteiger charge is 2.20. The van der Waals surface area contributed by atoms with Gasteiger partial charge in [-0.25, -0.2) is 0 Å². The normalized spacial score (nSPS) is 14.1. The molecule has 1 amide bonds. The van der Waals surface area contributed by atoms with Crippen molar-refractivity contribution in [3.63, 3.8) is 0 Å². The van der Waals surface area contributed by atoms with Crippen LogP contribution in [0, 0.1) is 23.0 Å². The van der Waals surface area contributed by atoms with E-state index in [2.05, 4.69) is 27.2 Å². The van der Waals surface area contributed by atoms with E-state index < -0.39 is 0 Å². The Balaban J connectivity index is 1.38. The van der Waals surface area contributed by atoms with Gasteiger partial charge in [0.15, 0.2) is 10.6 Å². The minimum absolute atomic E-state index is 0.130. The summed E-state index contributed by atoms with van der Waals surface area (Å²) in [6.45, 7) is 5.62.